The second kappa shape index (κ2) is 5.03. The fourth-order valence-electron chi connectivity index (χ4n) is 2.58. The fraction of sp³-hybridized carbons (Fsp3) is 0.467. The van der Waals surface area contributed by atoms with E-state index in [9.17, 15) is 4.79 Å². The summed E-state index contributed by atoms with van der Waals surface area (Å²) in [5, 5.41) is 0. The Labute approximate surface area is 114 Å². The van der Waals surface area contributed by atoms with Crippen molar-refractivity contribution in [1.82, 2.24) is 14.8 Å². The Hall–Kier alpha value is -1.84. The van der Waals surface area contributed by atoms with Crippen LogP contribution in [0.15, 0.2) is 24.5 Å². The summed E-state index contributed by atoms with van der Waals surface area (Å²) in [6, 6.07) is 3.85. The maximum Gasteiger partial charge on any atom is 0.249 e. The number of rotatable bonds is 2. The third kappa shape index (κ3) is 2.48. The highest BCUT2D eigenvalue weighted by atomic mass is 16.2. The van der Waals surface area contributed by atoms with Crippen molar-refractivity contribution >= 4 is 11.6 Å². The molecule has 2 heterocycles. The van der Waals surface area contributed by atoms with Crippen LogP contribution in [0.1, 0.15) is 25.1 Å². The maximum absolute atomic E-state index is 12.5. The molecule has 0 saturated heterocycles. The molecule has 0 spiro atoms. The van der Waals surface area contributed by atoms with Gasteiger partial charge in [0.2, 0.25) is 5.91 Å². The summed E-state index contributed by atoms with van der Waals surface area (Å²) in [5.41, 5.74) is 2.90. The lowest BCUT2D eigenvalue weighted by Crippen LogP contribution is -2.50. The van der Waals surface area contributed by atoms with Gasteiger partial charge < -0.3 is 9.80 Å². The van der Waals surface area contributed by atoms with Gasteiger partial charge in [-0.25, -0.2) is 0 Å². The molecular weight excluding hydrogens is 238 g/mol. The molecule has 1 aliphatic heterocycles. The summed E-state index contributed by atoms with van der Waals surface area (Å²) in [4.78, 5) is 20.4. The Morgan fingerprint density at radius 3 is 2.58 bits per heavy atom. The minimum absolute atomic E-state index is 0.0864. The number of likely N-dealkylation sites (N-methyl/N-ethyl adjacent to an activating group) is 2. The van der Waals surface area contributed by atoms with Gasteiger partial charge in [0.05, 0.1) is 5.70 Å². The van der Waals surface area contributed by atoms with Crippen LogP contribution in [-0.4, -0.2) is 40.8 Å². The van der Waals surface area contributed by atoms with E-state index in [1.807, 2.05) is 44.3 Å². The first-order valence-corrected chi connectivity index (χ1v) is 6.56. The smallest absolute Gasteiger partial charge is 0.249 e. The summed E-state index contributed by atoms with van der Waals surface area (Å²) in [5.74, 6) is 0.432. The minimum Gasteiger partial charge on any atom is -0.367 e. The van der Waals surface area contributed by atoms with Gasteiger partial charge in [-0.3, -0.25) is 9.78 Å². The van der Waals surface area contributed by atoms with Crippen LogP contribution in [0, 0.1) is 12.8 Å². The molecule has 1 unspecified atom stereocenters. The summed E-state index contributed by atoms with van der Waals surface area (Å²) in [7, 11) is 3.80. The number of nitrogens with zero attached hydrogens (tertiary/aromatic N) is 3. The summed E-state index contributed by atoms with van der Waals surface area (Å²) in [6.07, 6.45) is 3.82. The summed E-state index contributed by atoms with van der Waals surface area (Å²) >= 11 is 0. The largest absolute Gasteiger partial charge is 0.367 e. The second-order valence-corrected chi connectivity index (χ2v) is 5.45. The van der Waals surface area contributed by atoms with E-state index in [0.29, 0.717) is 0 Å². The van der Waals surface area contributed by atoms with E-state index < -0.39 is 0 Å². The highest BCUT2D eigenvalue weighted by molar-refractivity contribution is 5.92. The van der Waals surface area contributed by atoms with E-state index in [1.54, 1.807) is 11.1 Å². The molecule has 4 heteroatoms. The maximum atomic E-state index is 12.5. The fourth-order valence-corrected chi connectivity index (χ4v) is 2.58. The molecule has 0 aliphatic carbocycles. The van der Waals surface area contributed by atoms with Gasteiger partial charge in [-0.05, 0) is 25.0 Å². The number of aromatic nitrogens is 1. The molecule has 2 rings (SSSR count). The highest BCUT2D eigenvalue weighted by Gasteiger charge is 2.33. The number of carbonyl (C=O) groups excluding carboxylic acids is 1. The van der Waals surface area contributed by atoms with Crippen molar-refractivity contribution in [2.24, 2.45) is 5.92 Å². The minimum atomic E-state index is -0.0864. The van der Waals surface area contributed by atoms with Gasteiger partial charge in [-0.1, -0.05) is 13.8 Å². The van der Waals surface area contributed by atoms with Crippen molar-refractivity contribution in [3.8, 4) is 0 Å². The molecule has 1 amide bonds. The van der Waals surface area contributed by atoms with E-state index >= 15 is 0 Å². The van der Waals surface area contributed by atoms with Crippen molar-refractivity contribution in [2.45, 2.75) is 26.8 Å². The third-order valence-corrected chi connectivity index (χ3v) is 3.53. The molecule has 0 N–H and O–H groups in total. The van der Waals surface area contributed by atoms with Crippen LogP contribution in [0.3, 0.4) is 0 Å². The molecule has 0 aromatic carbocycles. The molecule has 1 aromatic rings. The number of carbonyl (C=O) groups is 1. The summed E-state index contributed by atoms with van der Waals surface area (Å²) < 4.78 is 0. The standard InChI is InChI=1S/C15H21N3O/c1-10(2)14-15(19)18(5)13(9-17(14)4)12-6-7-16-11(3)8-12/h6-10,14H,1-5H3. The monoisotopic (exact) mass is 259 g/mol. The first-order chi connectivity index (χ1) is 8.91. The van der Waals surface area contributed by atoms with Gasteiger partial charge in [0.15, 0.2) is 0 Å². The molecule has 0 saturated carbocycles. The normalized spacial score (nSPS) is 20.0. The van der Waals surface area contributed by atoms with Crippen LogP contribution in [0.5, 0.6) is 0 Å². The van der Waals surface area contributed by atoms with Crippen molar-refractivity contribution < 1.29 is 4.79 Å². The number of hydrogen-bond acceptors (Lipinski definition) is 3. The van der Waals surface area contributed by atoms with Gasteiger partial charge >= 0.3 is 0 Å². The van der Waals surface area contributed by atoms with Crippen molar-refractivity contribution in [3.63, 3.8) is 0 Å². The zero-order valence-corrected chi connectivity index (χ0v) is 12.2. The molecule has 1 atom stereocenters. The molecule has 1 aromatic heterocycles. The van der Waals surface area contributed by atoms with Crippen LogP contribution >= 0.6 is 0 Å². The lowest BCUT2D eigenvalue weighted by molar-refractivity contribution is -0.133. The molecule has 4 nitrogen and oxygen atoms in total. The molecule has 0 fully saturated rings. The van der Waals surface area contributed by atoms with Gasteiger partial charge in [0.1, 0.15) is 6.04 Å². The van der Waals surface area contributed by atoms with Crippen LogP contribution < -0.4 is 0 Å². The van der Waals surface area contributed by atoms with Gasteiger partial charge in [0, 0.05) is 37.7 Å². The average molecular weight is 259 g/mol. The van der Waals surface area contributed by atoms with Crippen molar-refractivity contribution in [1.29, 1.82) is 0 Å². The third-order valence-electron chi connectivity index (χ3n) is 3.53. The molecule has 102 valence electrons. The van der Waals surface area contributed by atoms with E-state index in [2.05, 4.69) is 18.8 Å². The predicted molar refractivity (Wildman–Crippen MR) is 76.1 cm³/mol. The molecule has 1 aliphatic rings. The quantitative estimate of drug-likeness (QED) is 0.816. The Morgan fingerprint density at radius 2 is 2.00 bits per heavy atom. The lowest BCUT2D eigenvalue weighted by atomic mass is 9.98. The zero-order valence-electron chi connectivity index (χ0n) is 12.2. The highest BCUT2D eigenvalue weighted by Crippen LogP contribution is 2.27. The van der Waals surface area contributed by atoms with E-state index in [0.717, 1.165) is 17.0 Å². The predicted octanol–water partition coefficient (Wildman–Crippen LogP) is 2.12. The molecule has 0 bridgehead atoms. The van der Waals surface area contributed by atoms with Gasteiger partial charge in [-0.2, -0.15) is 0 Å². The van der Waals surface area contributed by atoms with Crippen molar-refractivity contribution in [3.05, 3.63) is 35.8 Å². The SMILES string of the molecule is Cc1cc(C2=CN(C)C(C(C)C)C(=O)N2C)ccn1. The number of hydrogen-bond donors (Lipinski definition) is 0. The van der Waals surface area contributed by atoms with E-state index in [1.165, 1.54) is 0 Å². The number of amides is 1. The van der Waals surface area contributed by atoms with E-state index in [-0.39, 0.29) is 17.9 Å². The summed E-state index contributed by atoms with van der Waals surface area (Å²) in [6.45, 7) is 6.10. The van der Waals surface area contributed by atoms with Gasteiger partial charge in [0.25, 0.3) is 0 Å². The van der Waals surface area contributed by atoms with Gasteiger partial charge in [-0.15, -0.1) is 0 Å². The van der Waals surface area contributed by atoms with Crippen LogP contribution in [0.25, 0.3) is 5.70 Å². The molecule has 0 radical (unpaired) electrons. The first-order valence-electron chi connectivity index (χ1n) is 6.56. The average Bonchev–Trinajstić information content (AvgIpc) is 2.33. The number of aryl methyl sites for hydroxylation is 1. The van der Waals surface area contributed by atoms with Crippen LogP contribution in [0.2, 0.25) is 0 Å². The Kier molecular flexibility index (Phi) is 3.60. The topological polar surface area (TPSA) is 36.4 Å². The number of pyridine rings is 1. The zero-order chi connectivity index (χ0) is 14.2. The molecule has 19 heavy (non-hydrogen) atoms. The Balaban J connectivity index is 2.42. The van der Waals surface area contributed by atoms with Crippen molar-refractivity contribution in [2.75, 3.05) is 14.1 Å². The molecular formula is C15H21N3O. The first kappa shape index (κ1) is 13.6. The van der Waals surface area contributed by atoms with Crippen LogP contribution in [0.4, 0.5) is 0 Å². The second-order valence-electron chi connectivity index (χ2n) is 5.45. The Morgan fingerprint density at radius 1 is 1.32 bits per heavy atom. The van der Waals surface area contributed by atoms with E-state index in [4.69, 9.17) is 0 Å². The Bertz CT molecular complexity index is 522. The van der Waals surface area contributed by atoms with Crippen LogP contribution in [-0.2, 0) is 4.79 Å². The lowest BCUT2D eigenvalue weighted by Gasteiger charge is -2.39.